The van der Waals surface area contributed by atoms with Crippen molar-refractivity contribution in [1.82, 2.24) is 14.8 Å². The summed E-state index contributed by atoms with van der Waals surface area (Å²) in [5.74, 6) is 1.53. The summed E-state index contributed by atoms with van der Waals surface area (Å²) < 4.78 is 11.2. The Morgan fingerprint density at radius 2 is 1.74 bits per heavy atom. The molecule has 1 aromatic heterocycles. The molecule has 2 aromatic rings. The molecule has 0 radical (unpaired) electrons. The monoisotopic (exact) mass is 369 g/mol. The van der Waals surface area contributed by atoms with E-state index in [2.05, 4.69) is 22.9 Å². The van der Waals surface area contributed by atoms with E-state index in [-0.39, 0.29) is 12.5 Å². The number of piperazine rings is 1. The molecule has 3 rings (SSSR count). The molecule has 0 aliphatic carbocycles. The molecule has 1 amide bonds. The number of benzene rings is 1. The predicted molar refractivity (Wildman–Crippen MR) is 104 cm³/mol. The lowest BCUT2D eigenvalue weighted by molar-refractivity contribution is -0.135. The van der Waals surface area contributed by atoms with Crippen molar-refractivity contribution in [2.24, 2.45) is 0 Å². The van der Waals surface area contributed by atoms with Crippen LogP contribution in [0, 0.1) is 0 Å². The quantitative estimate of drug-likeness (QED) is 0.716. The molecule has 0 spiro atoms. The van der Waals surface area contributed by atoms with Gasteiger partial charge in [0.1, 0.15) is 11.5 Å². The minimum absolute atomic E-state index is 0.0299. The number of hydrogen-bond acceptors (Lipinski definition) is 5. The summed E-state index contributed by atoms with van der Waals surface area (Å²) in [6.45, 7) is 6.90. The second-order valence-electron chi connectivity index (χ2n) is 6.63. The van der Waals surface area contributed by atoms with Gasteiger partial charge in [-0.15, -0.1) is 0 Å². The van der Waals surface area contributed by atoms with Gasteiger partial charge in [-0.2, -0.15) is 0 Å². The Balaban J connectivity index is 1.39. The fourth-order valence-electron chi connectivity index (χ4n) is 2.99. The zero-order chi connectivity index (χ0) is 18.9. The molecule has 1 aromatic carbocycles. The van der Waals surface area contributed by atoms with Gasteiger partial charge in [-0.1, -0.05) is 13.0 Å². The van der Waals surface area contributed by atoms with Crippen LogP contribution in [0.5, 0.6) is 11.5 Å². The average molecular weight is 369 g/mol. The second-order valence-corrected chi connectivity index (χ2v) is 6.63. The van der Waals surface area contributed by atoms with Crippen LogP contribution in [0.25, 0.3) is 0 Å². The Morgan fingerprint density at radius 1 is 1.04 bits per heavy atom. The number of carbonyl (C=O) groups is 1. The molecule has 144 valence electrons. The smallest absolute Gasteiger partial charge is 0.260 e. The molecule has 1 aliphatic heterocycles. The lowest BCUT2D eigenvalue weighted by atomic mass is 10.2. The van der Waals surface area contributed by atoms with Gasteiger partial charge in [0, 0.05) is 45.1 Å². The topological polar surface area (TPSA) is 54.9 Å². The van der Waals surface area contributed by atoms with Crippen LogP contribution in [0.3, 0.4) is 0 Å². The number of pyridine rings is 1. The zero-order valence-electron chi connectivity index (χ0n) is 15.8. The number of rotatable bonds is 8. The van der Waals surface area contributed by atoms with Crippen LogP contribution in [-0.4, -0.2) is 60.1 Å². The average Bonchev–Trinajstić information content (AvgIpc) is 2.72. The first kappa shape index (κ1) is 19.2. The van der Waals surface area contributed by atoms with Gasteiger partial charge in [0.05, 0.1) is 6.61 Å². The highest BCUT2D eigenvalue weighted by molar-refractivity contribution is 5.77. The molecule has 6 nitrogen and oxygen atoms in total. The van der Waals surface area contributed by atoms with Crippen molar-refractivity contribution in [3.05, 3.63) is 54.4 Å². The number of carbonyl (C=O) groups excluding carboxylic acids is 1. The van der Waals surface area contributed by atoms with Gasteiger partial charge in [-0.05, 0) is 42.3 Å². The van der Waals surface area contributed by atoms with Crippen LogP contribution in [0.15, 0.2) is 48.8 Å². The van der Waals surface area contributed by atoms with Crippen molar-refractivity contribution in [1.29, 1.82) is 0 Å². The third-order valence-corrected chi connectivity index (χ3v) is 4.51. The lowest BCUT2D eigenvalue weighted by Gasteiger charge is -2.34. The maximum Gasteiger partial charge on any atom is 0.260 e. The molecule has 1 saturated heterocycles. The van der Waals surface area contributed by atoms with E-state index in [1.165, 1.54) is 5.56 Å². The Kier molecular flexibility index (Phi) is 7.04. The van der Waals surface area contributed by atoms with E-state index in [9.17, 15) is 4.79 Å². The standard InChI is InChI=1S/C21H27N3O3/c1-2-14-26-19-5-7-20(8-6-19)27-17-21(25)24-12-10-23(11-13-24)16-18-4-3-9-22-15-18/h3-9,15H,2,10-14,16-17H2,1H3. The molecule has 1 fully saturated rings. The van der Waals surface area contributed by atoms with Gasteiger partial charge in [0.15, 0.2) is 6.61 Å². The van der Waals surface area contributed by atoms with E-state index < -0.39 is 0 Å². The Labute approximate surface area is 160 Å². The number of ether oxygens (including phenoxy) is 2. The zero-order valence-corrected chi connectivity index (χ0v) is 15.8. The summed E-state index contributed by atoms with van der Waals surface area (Å²) in [7, 11) is 0. The SMILES string of the molecule is CCCOc1ccc(OCC(=O)N2CCN(Cc3cccnc3)CC2)cc1. The van der Waals surface area contributed by atoms with Crippen LogP contribution in [0.2, 0.25) is 0 Å². The van der Waals surface area contributed by atoms with Crippen molar-refractivity contribution in [2.75, 3.05) is 39.4 Å². The van der Waals surface area contributed by atoms with Crippen molar-refractivity contribution in [3.8, 4) is 11.5 Å². The summed E-state index contributed by atoms with van der Waals surface area (Å²) in [5.41, 5.74) is 1.20. The van der Waals surface area contributed by atoms with Gasteiger partial charge < -0.3 is 14.4 Å². The Bertz CT molecular complexity index is 698. The van der Waals surface area contributed by atoms with Gasteiger partial charge in [0.2, 0.25) is 0 Å². The van der Waals surface area contributed by atoms with Crippen LogP contribution in [0.1, 0.15) is 18.9 Å². The van der Waals surface area contributed by atoms with Crippen LogP contribution < -0.4 is 9.47 Å². The van der Waals surface area contributed by atoms with Crippen LogP contribution >= 0.6 is 0 Å². The summed E-state index contributed by atoms with van der Waals surface area (Å²) in [5, 5.41) is 0. The first-order valence-electron chi connectivity index (χ1n) is 9.49. The third-order valence-electron chi connectivity index (χ3n) is 4.51. The molecule has 0 unspecified atom stereocenters. The highest BCUT2D eigenvalue weighted by atomic mass is 16.5. The second kappa shape index (κ2) is 9.92. The summed E-state index contributed by atoms with van der Waals surface area (Å²) >= 11 is 0. The number of nitrogens with zero attached hydrogens (tertiary/aromatic N) is 3. The van der Waals surface area contributed by atoms with Crippen molar-refractivity contribution < 1.29 is 14.3 Å². The minimum Gasteiger partial charge on any atom is -0.494 e. The highest BCUT2D eigenvalue weighted by Gasteiger charge is 2.21. The van der Waals surface area contributed by atoms with Gasteiger partial charge in [-0.25, -0.2) is 0 Å². The van der Waals surface area contributed by atoms with Crippen LogP contribution in [-0.2, 0) is 11.3 Å². The fraction of sp³-hybridized carbons (Fsp3) is 0.429. The summed E-state index contributed by atoms with van der Waals surface area (Å²) in [6.07, 6.45) is 4.65. The highest BCUT2D eigenvalue weighted by Crippen LogP contribution is 2.18. The number of hydrogen-bond donors (Lipinski definition) is 0. The molecule has 0 N–H and O–H groups in total. The molecule has 2 heterocycles. The van der Waals surface area contributed by atoms with Crippen molar-refractivity contribution >= 4 is 5.91 Å². The molecule has 0 atom stereocenters. The first-order valence-corrected chi connectivity index (χ1v) is 9.49. The summed E-state index contributed by atoms with van der Waals surface area (Å²) in [4.78, 5) is 20.8. The largest absolute Gasteiger partial charge is 0.494 e. The summed E-state index contributed by atoms with van der Waals surface area (Å²) in [6, 6.07) is 11.4. The molecular weight excluding hydrogens is 342 g/mol. The maximum absolute atomic E-state index is 12.4. The van der Waals surface area contributed by atoms with E-state index in [0.717, 1.165) is 44.9 Å². The molecule has 6 heteroatoms. The van der Waals surface area contributed by atoms with E-state index in [1.54, 1.807) is 6.20 Å². The van der Waals surface area contributed by atoms with Crippen molar-refractivity contribution in [2.45, 2.75) is 19.9 Å². The van der Waals surface area contributed by atoms with E-state index in [1.807, 2.05) is 41.4 Å². The number of aromatic nitrogens is 1. The Hall–Kier alpha value is -2.60. The van der Waals surface area contributed by atoms with Crippen LogP contribution in [0.4, 0.5) is 0 Å². The van der Waals surface area contributed by atoms with E-state index in [4.69, 9.17) is 9.47 Å². The maximum atomic E-state index is 12.4. The number of amides is 1. The van der Waals surface area contributed by atoms with E-state index >= 15 is 0 Å². The molecular formula is C21H27N3O3. The molecule has 1 aliphatic rings. The van der Waals surface area contributed by atoms with E-state index in [0.29, 0.717) is 12.4 Å². The minimum atomic E-state index is 0.0299. The van der Waals surface area contributed by atoms with Gasteiger partial charge in [0.25, 0.3) is 5.91 Å². The Morgan fingerprint density at radius 3 is 2.37 bits per heavy atom. The van der Waals surface area contributed by atoms with Gasteiger partial charge in [-0.3, -0.25) is 14.7 Å². The van der Waals surface area contributed by atoms with Gasteiger partial charge >= 0.3 is 0 Å². The lowest BCUT2D eigenvalue weighted by Crippen LogP contribution is -2.49. The fourth-order valence-corrected chi connectivity index (χ4v) is 2.99. The molecule has 0 bridgehead atoms. The normalized spacial score (nSPS) is 14.8. The molecule has 0 saturated carbocycles. The first-order chi connectivity index (χ1) is 13.2. The third kappa shape index (κ3) is 5.96. The van der Waals surface area contributed by atoms with Crippen molar-refractivity contribution in [3.63, 3.8) is 0 Å². The molecule has 27 heavy (non-hydrogen) atoms. The predicted octanol–water partition coefficient (Wildman–Crippen LogP) is 2.59.